The number of rotatable bonds is 3. The Morgan fingerprint density at radius 1 is 1.35 bits per heavy atom. The van der Waals surface area contributed by atoms with Crippen LogP contribution in [0.4, 0.5) is 0 Å². The van der Waals surface area contributed by atoms with Gasteiger partial charge in [0.05, 0.1) is 31.1 Å². The van der Waals surface area contributed by atoms with Gasteiger partial charge in [0.25, 0.3) is 0 Å². The van der Waals surface area contributed by atoms with E-state index in [0.29, 0.717) is 26.1 Å². The second-order valence-corrected chi connectivity index (χ2v) is 5.76. The van der Waals surface area contributed by atoms with Gasteiger partial charge in [-0.2, -0.15) is 5.10 Å². The molecule has 1 saturated carbocycles. The third kappa shape index (κ3) is 2.38. The molecule has 1 saturated heterocycles. The molecule has 5 nitrogen and oxygen atoms in total. The van der Waals surface area contributed by atoms with E-state index in [0.717, 1.165) is 25.0 Å². The number of hydrogen-bond acceptors (Lipinski definition) is 4. The molecule has 1 aliphatic carbocycles. The zero-order chi connectivity index (χ0) is 14.2. The van der Waals surface area contributed by atoms with Crippen molar-refractivity contribution in [3.05, 3.63) is 17.5 Å². The minimum Gasteiger partial charge on any atom is -0.391 e. The summed E-state index contributed by atoms with van der Waals surface area (Å²) in [6.07, 6.45) is 3.63. The van der Waals surface area contributed by atoms with Crippen LogP contribution in [0.15, 0.2) is 6.07 Å². The molecule has 3 rings (SSSR count). The number of ether oxygens (including phenoxy) is 2. The predicted molar refractivity (Wildman–Crippen MR) is 74.5 cm³/mol. The van der Waals surface area contributed by atoms with Crippen molar-refractivity contribution < 1.29 is 14.6 Å². The number of aromatic nitrogens is 2. The van der Waals surface area contributed by atoms with Gasteiger partial charge in [0.2, 0.25) is 0 Å². The molecule has 0 bridgehead atoms. The van der Waals surface area contributed by atoms with Crippen LogP contribution in [0.3, 0.4) is 0 Å². The molecule has 1 aliphatic heterocycles. The Morgan fingerprint density at radius 3 is 2.75 bits per heavy atom. The van der Waals surface area contributed by atoms with Gasteiger partial charge in [0.15, 0.2) is 5.79 Å². The second-order valence-electron chi connectivity index (χ2n) is 5.76. The van der Waals surface area contributed by atoms with Crippen molar-refractivity contribution in [1.29, 1.82) is 0 Å². The summed E-state index contributed by atoms with van der Waals surface area (Å²) in [6, 6.07) is 2.10. The monoisotopic (exact) mass is 280 g/mol. The topological polar surface area (TPSA) is 56.5 Å². The Balaban J connectivity index is 1.88. The van der Waals surface area contributed by atoms with E-state index in [-0.39, 0.29) is 12.1 Å². The first-order valence-electron chi connectivity index (χ1n) is 7.70. The van der Waals surface area contributed by atoms with Crippen molar-refractivity contribution >= 4 is 0 Å². The van der Waals surface area contributed by atoms with Crippen LogP contribution in [0, 0.1) is 0 Å². The van der Waals surface area contributed by atoms with Gasteiger partial charge in [-0.25, -0.2) is 0 Å². The van der Waals surface area contributed by atoms with Crippen LogP contribution < -0.4 is 0 Å². The standard InChI is InChI=1S/C15H24N2O3/c1-3-11-9-12(4-2)17(16-11)13-10-15(6-5-14(13)18)19-7-8-20-15/h9,13-14,18H,3-8,10H2,1-2H3. The lowest BCUT2D eigenvalue weighted by Crippen LogP contribution is -2.44. The Hall–Kier alpha value is -0.910. The third-order valence-electron chi connectivity index (χ3n) is 4.50. The number of hydrogen-bond donors (Lipinski definition) is 1. The molecular weight excluding hydrogens is 256 g/mol. The summed E-state index contributed by atoms with van der Waals surface area (Å²) in [5.41, 5.74) is 2.27. The fourth-order valence-electron chi connectivity index (χ4n) is 3.34. The first-order chi connectivity index (χ1) is 9.67. The van der Waals surface area contributed by atoms with Crippen molar-refractivity contribution in [3.8, 4) is 0 Å². The molecule has 1 aromatic heterocycles. The lowest BCUT2D eigenvalue weighted by Gasteiger charge is -2.39. The fraction of sp³-hybridized carbons (Fsp3) is 0.800. The van der Waals surface area contributed by atoms with Crippen LogP contribution >= 0.6 is 0 Å². The summed E-state index contributed by atoms with van der Waals surface area (Å²) >= 11 is 0. The maximum absolute atomic E-state index is 10.4. The first kappa shape index (κ1) is 14.0. The molecule has 2 heterocycles. The Morgan fingerprint density at radius 2 is 2.10 bits per heavy atom. The SMILES string of the molecule is CCc1cc(CC)n(C2CC3(CCC2O)OCCO3)n1. The van der Waals surface area contributed by atoms with Crippen LogP contribution in [0.2, 0.25) is 0 Å². The Labute approximate surface area is 119 Å². The van der Waals surface area contributed by atoms with Crippen molar-refractivity contribution in [1.82, 2.24) is 9.78 Å². The van der Waals surface area contributed by atoms with E-state index >= 15 is 0 Å². The summed E-state index contributed by atoms with van der Waals surface area (Å²) in [7, 11) is 0. The van der Waals surface area contributed by atoms with E-state index in [9.17, 15) is 5.11 Å². The second kappa shape index (κ2) is 5.47. The van der Waals surface area contributed by atoms with Crippen molar-refractivity contribution in [2.45, 2.75) is 63.9 Å². The maximum Gasteiger partial charge on any atom is 0.170 e. The summed E-state index contributed by atoms with van der Waals surface area (Å²) in [5, 5.41) is 15.1. The molecule has 0 aromatic carbocycles. The molecule has 5 heteroatoms. The predicted octanol–water partition coefficient (Wildman–Crippen LogP) is 1.84. The lowest BCUT2D eigenvalue weighted by molar-refractivity contribution is -0.200. The summed E-state index contributed by atoms with van der Waals surface area (Å²) in [4.78, 5) is 0. The summed E-state index contributed by atoms with van der Waals surface area (Å²) in [5.74, 6) is -0.493. The Kier molecular flexibility index (Phi) is 3.84. The minimum atomic E-state index is -0.493. The smallest absolute Gasteiger partial charge is 0.170 e. The van der Waals surface area contributed by atoms with Crippen LogP contribution in [-0.2, 0) is 22.3 Å². The van der Waals surface area contributed by atoms with Gasteiger partial charge in [-0.15, -0.1) is 0 Å². The van der Waals surface area contributed by atoms with Crippen molar-refractivity contribution in [3.63, 3.8) is 0 Å². The van der Waals surface area contributed by atoms with Gasteiger partial charge in [-0.05, 0) is 25.3 Å². The molecule has 2 aliphatic rings. The highest BCUT2D eigenvalue weighted by atomic mass is 16.7. The van der Waals surface area contributed by atoms with Gasteiger partial charge < -0.3 is 14.6 Å². The van der Waals surface area contributed by atoms with E-state index in [1.54, 1.807) is 0 Å². The molecule has 0 amide bonds. The first-order valence-corrected chi connectivity index (χ1v) is 7.70. The molecule has 2 unspecified atom stereocenters. The number of nitrogens with zero attached hydrogens (tertiary/aromatic N) is 2. The summed E-state index contributed by atoms with van der Waals surface area (Å²) < 4.78 is 13.6. The molecule has 112 valence electrons. The van der Waals surface area contributed by atoms with Crippen LogP contribution in [0.5, 0.6) is 0 Å². The molecule has 0 radical (unpaired) electrons. The molecule has 2 fully saturated rings. The maximum atomic E-state index is 10.4. The largest absolute Gasteiger partial charge is 0.391 e. The van der Waals surface area contributed by atoms with E-state index < -0.39 is 5.79 Å². The normalized spacial score (nSPS) is 29.1. The molecule has 1 N–H and O–H groups in total. The van der Waals surface area contributed by atoms with Crippen molar-refractivity contribution in [2.75, 3.05) is 13.2 Å². The van der Waals surface area contributed by atoms with Gasteiger partial charge in [-0.1, -0.05) is 13.8 Å². The molecular formula is C15H24N2O3. The average molecular weight is 280 g/mol. The number of aryl methyl sites for hydroxylation is 2. The van der Waals surface area contributed by atoms with Gasteiger partial charge in [0, 0.05) is 18.5 Å². The highest BCUT2D eigenvalue weighted by molar-refractivity contribution is 5.12. The van der Waals surface area contributed by atoms with Crippen LogP contribution in [-0.4, -0.2) is 40.0 Å². The third-order valence-corrected chi connectivity index (χ3v) is 4.50. The highest BCUT2D eigenvalue weighted by Crippen LogP contribution is 2.41. The molecule has 2 atom stereocenters. The lowest BCUT2D eigenvalue weighted by atomic mass is 9.87. The van der Waals surface area contributed by atoms with Gasteiger partial charge in [0.1, 0.15) is 0 Å². The quantitative estimate of drug-likeness (QED) is 0.918. The van der Waals surface area contributed by atoms with E-state index in [4.69, 9.17) is 9.47 Å². The van der Waals surface area contributed by atoms with Crippen molar-refractivity contribution in [2.24, 2.45) is 0 Å². The van der Waals surface area contributed by atoms with E-state index in [1.807, 2.05) is 4.68 Å². The van der Waals surface area contributed by atoms with E-state index in [2.05, 4.69) is 25.0 Å². The van der Waals surface area contributed by atoms with Gasteiger partial charge >= 0.3 is 0 Å². The van der Waals surface area contributed by atoms with E-state index in [1.165, 1.54) is 5.69 Å². The average Bonchev–Trinajstić information content (AvgIpc) is 3.09. The van der Waals surface area contributed by atoms with Gasteiger partial charge in [-0.3, -0.25) is 4.68 Å². The minimum absolute atomic E-state index is 0.0444. The molecule has 20 heavy (non-hydrogen) atoms. The molecule has 1 aromatic rings. The number of aliphatic hydroxyl groups is 1. The van der Waals surface area contributed by atoms with Crippen LogP contribution in [0.25, 0.3) is 0 Å². The highest BCUT2D eigenvalue weighted by Gasteiger charge is 2.46. The zero-order valence-electron chi connectivity index (χ0n) is 12.3. The molecule has 1 spiro atoms. The number of aliphatic hydroxyl groups excluding tert-OH is 1. The Bertz CT molecular complexity index is 466. The summed E-state index contributed by atoms with van der Waals surface area (Å²) in [6.45, 7) is 5.54. The van der Waals surface area contributed by atoms with Crippen LogP contribution in [0.1, 0.15) is 50.5 Å². The zero-order valence-corrected chi connectivity index (χ0v) is 12.3. The fourth-order valence-corrected chi connectivity index (χ4v) is 3.34.